The molecule has 1 aliphatic rings. The fraction of sp³-hybridized carbons (Fsp3) is 0.267. The van der Waals surface area contributed by atoms with Gasteiger partial charge >= 0.3 is 0 Å². The highest BCUT2D eigenvalue weighted by atomic mass is 16.5. The van der Waals surface area contributed by atoms with E-state index >= 15 is 0 Å². The lowest BCUT2D eigenvalue weighted by atomic mass is 9.99. The molecule has 34 heavy (non-hydrogen) atoms. The molecular weight excluding hydrogens is 422 g/mol. The van der Waals surface area contributed by atoms with Crippen molar-refractivity contribution in [3.05, 3.63) is 84.9 Å². The van der Waals surface area contributed by atoms with Crippen molar-refractivity contribution in [2.45, 2.75) is 19.3 Å². The molecule has 174 valence electrons. The SMILES string of the molecule is COc1cccc(-c2ccc3ccccc3c2Oc2ccc(OCCN3CCCCC3)cc2)c1. The highest BCUT2D eigenvalue weighted by Crippen LogP contribution is 2.40. The molecule has 0 N–H and O–H groups in total. The maximum absolute atomic E-state index is 6.50. The van der Waals surface area contributed by atoms with Crippen LogP contribution in [0, 0.1) is 0 Å². The number of fused-ring (bicyclic) bond motifs is 1. The van der Waals surface area contributed by atoms with Crippen LogP contribution in [0.2, 0.25) is 0 Å². The van der Waals surface area contributed by atoms with Gasteiger partial charge < -0.3 is 14.2 Å². The van der Waals surface area contributed by atoms with E-state index in [-0.39, 0.29) is 0 Å². The third-order valence-electron chi connectivity index (χ3n) is 6.43. The molecule has 0 aliphatic carbocycles. The van der Waals surface area contributed by atoms with Crippen molar-refractivity contribution >= 4 is 10.8 Å². The Morgan fingerprint density at radius 1 is 0.735 bits per heavy atom. The zero-order chi connectivity index (χ0) is 23.2. The molecule has 4 nitrogen and oxygen atoms in total. The largest absolute Gasteiger partial charge is 0.497 e. The molecule has 0 radical (unpaired) electrons. The van der Waals surface area contributed by atoms with Gasteiger partial charge in [0.05, 0.1) is 7.11 Å². The second-order valence-electron chi connectivity index (χ2n) is 8.72. The van der Waals surface area contributed by atoms with Gasteiger partial charge in [0.1, 0.15) is 29.6 Å². The Morgan fingerprint density at radius 2 is 1.53 bits per heavy atom. The number of ether oxygens (including phenoxy) is 3. The van der Waals surface area contributed by atoms with Crippen molar-refractivity contribution in [3.8, 4) is 34.1 Å². The second-order valence-corrected chi connectivity index (χ2v) is 8.72. The lowest BCUT2D eigenvalue weighted by Crippen LogP contribution is -2.33. The Balaban J connectivity index is 1.36. The Bertz CT molecular complexity index is 1230. The minimum absolute atomic E-state index is 0.712. The van der Waals surface area contributed by atoms with Gasteiger partial charge in [-0.05, 0) is 79.3 Å². The third-order valence-corrected chi connectivity index (χ3v) is 6.43. The van der Waals surface area contributed by atoms with Crippen molar-refractivity contribution in [2.75, 3.05) is 33.4 Å². The molecule has 4 aromatic carbocycles. The lowest BCUT2D eigenvalue weighted by molar-refractivity contribution is 0.183. The summed E-state index contributed by atoms with van der Waals surface area (Å²) >= 11 is 0. The molecule has 0 saturated carbocycles. The summed E-state index contributed by atoms with van der Waals surface area (Å²) in [6.07, 6.45) is 3.96. The molecule has 5 rings (SSSR count). The second kappa shape index (κ2) is 10.6. The molecule has 1 aliphatic heterocycles. The number of methoxy groups -OCH3 is 1. The number of benzene rings is 4. The molecule has 0 unspecified atom stereocenters. The summed E-state index contributed by atoms with van der Waals surface area (Å²) in [5.41, 5.74) is 2.08. The van der Waals surface area contributed by atoms with Gasteiger partial charge in [-0.25, -0.2) is 0 Å². The van der Waals surface area contributed by atoms with E-state index in [2.05, 4.69) is 35.2 Å². The molecule has 0 aromatic heterocycles. The van der Waals surface area contributed by atoms with Crippen molar-refractivity contribution < 1.29 is 14.2 Å². The van der Waals surface area contributed by atoms with E-state index < -0.39 is 0 Å². The van der Waals surface area contributed by atoms with Gasteiger partial charge in [0.2, 0.25) is 0 Å². The quantitative estimate of drug-likeness (QED) is 0.283. The fourth-order valence-corrected chi connectivity index (χ4v) is 4.57. The predicted molar refractivity (Wildman–Crippen MR) is 138 cm³/mol. The van der Waals surface area contributed by atoms with E-state index in [4.69, 9.17) is 14.2 Å². The summed E-state index contributed by atoms with van der Waals surface area (Å²) < 4.78 is 17.9. The van der Waals surface area contributed by atoms with Crippen LogP contribution in [0.5, 0.6) is 23.0 Å². The van der Waals surface area contributed by atoms with Crippen LogP contribution in [0.1, 0.15) is 19.3 Å². The van der Waals surface area contributed by atoms with Gasteiger partial charge in [-0.3, -0.25) is 4.90 Å². The van der Waals surface area contributed by atoms with Crippen LogP contribution in [0.25, 0.3) is 21.9 Å². The van der Waals surface area contributed by atoms with Gasteiger partial charge in [-0.2, -0.15) is 0 Å². The van der Waals surface area contributed by atoms with Gasteiger partial charge in [0.25, 0.3) is 0 Å². The lowest BCUT2D eigenvalue weighted by Gasteiger charge is -2.26. The Hall–Kier alpha value is -3.50. The smallest absolute Gasteiger partial charge is 0.143 e. The summed E-state index contributed by atoms with van der Waals surface area (Å²) in [6, 6.07) is 28.6. The Labute approximate surface area is 201 Å². The highest BCUT2D eigenvalue weighted by Gasteiger charge is 2.13. The van der Waals surface area contributed by atoms with Gasteiger partial charge in [0, 0.05) is 17.5 Å². The van der Waals surface area contributed by atoms with E-state index in [0.717, 1.165) is 51.4 Å². The van der Waals surface area contributed by atoms with Crippen molar-refractivity contribution in [1.29, 1.82) is 0 Å². The summed E-state index contributed by atoms with van der Waals surface area (Å²) in [7, 11) is 1.69. The molecule has 0 spiro atoms. The minimum atomic E-state index is 0.712. The first-order chi connectivity index (χ1) is 16.8. The van der Waals surface area contributed by atoms with Crippen LogP contribution in [-0.2, 0) is 0 Å². The zero-order valence-corrected chi connectivity index (χ0v) is 19.7. The van der Waals surface area contributed by atoms with E-state index in [1.807, 2.05) is 54.6 Å². The molecule has 1 fully saturated rings. The van der Waals surface area contributed by atoms with Crippen molar-refractivity contribution in [1.82, 2.24) is 4.90 Å². The van der Waals surface area contributed by atoms with Gasteiger partial charge in [-0.1, -0.05) is 48.9 Å². The number of hydrogen-bond acceptors (Lipinski definition) is 4. The van der Waals surface area contributed by atoms with Crippen LogP contribution in [0.4, 0.5) is 0 Å². The molecular formula is C30H31NO3. The van der Waals surface area contributed by atoms with Crippen molar-refractivity contribution in [3.63, 3.8) is 0 Å². The van der Waals surface area contributed by atoms with Crippen LogP contribution >= 0.6 is 0 Å². The van der Waals surface area contributed by atoms with Crippen LogP contribution in [0.3, 0.4) is 0 Å². The number of nitrogens with zero attached hydrogens (tertiary/aromatic N) is 1. The van der Waals surface area contributed by atoms with Crippen LogP contribution in [0.15, 0.2) is 84.9 Å². The summed E-state index contributed by atoms with van der Waals surface area (Å²) in [5, 5.41) is 2.21. The molecule has 0 amide bonds. The normalized spacial score (nSPS) is 14.1. The molecule has 1 heterocycles. The summed E-state index contributed by atoms with van der Waals surface area (Å²) in [6.45, 7) is 4.08. The Kier molecular flexibility index (Phi) is 6.97. The first kappa shape index (κ1) is 22.3. The predicted octanol–water partition coefficient (Wildman–Crippen LogP) is 7.17. The molecule has 4 aromatic rings. The van der Waals surface area contributed by atoms with Gasteiger partial charge in [-0.15, -0.1) is 0 Å². The zero-order valence-electron chi connectivity index (χ0n) is 19.7. The fourth-order valence-electron chi connectivity index (χ4n) is 4.57. The third kappa shape index (κ3) is 5.18. The first-order valence-corrected chi connectivity index (χ1v) is 12.1. The number of likely N-dealkylation sites (tertiary alicyclic amines) is 1. The topological polar surface area (TPSA) is 30.9 Å². The number of piperidine rings is 1. The van der Waals surface area contributed by atoms with E-state index in [9.17, 15) is 0 Å². The van der Waals surface area contributed by atoms with E-state index in [1.165, 1.54) is 32.4 Å². The number of rotatable bonds is 8. The Morgan fingerprint density at radius 3 is 2.35 bits per heavy atom. The summed E-state index contributed by atoms with van der Waals surface area (Å²) in [5.74, 6) is 3.31. The molecule has 0 atom stereocenters. The average Bonchev–Trinajstić information content (AvgIpc) is 2.90. The van der Waals surface area contributed by atoms with Crippen LogP contribution < -0.4 is 14.2 Å². The first-order valence-electron chi connectivity index (χ1n) is 12.1. The monoisotopic (exact) mass is 453 g/mol. The molecule has 4 heteroatoms. The average molecular weight is 454 g/mol. The number of hydrogen-bond donors (Lipinski definition) is 0. The van der Waals surface area contributed by atoms with Gasteiger partial charge in [0.15, 0.2) is 0 Å². The van der Waals surface area contributed by atoms with Crippen molar-refractivity contribution in [2.24, 2.45) is 0 Å². The van der Waals surface area contributed by atoms with E-state index in [0.29, 0.717) is 6.61 Å². The highest BCUT2D eigenvalue weighted by molar-refractivity contribution is 5.95. The summed E-state index contributed by atoms with van der Waals surface area (Å²) in [4.78, 5) is 2.49. The molecule has 0 bridgehead atoms. The maximum atomic E-state index is 6.50. The standard InChI is InChI=1S/C30H31NO3/c1-32-27-10-7-9-24(22-27)29-17-12-23-8-3-4-11-28(23)30(29)34-26-15-13-25(14-16-26)33-21-20-31-18-5-2-6-19-31/h3-4,7-17,22H,2,5-6,18-21H2,1H3. The maximum Gasteiger partial charge on any atom is 0.143 e. The van der Waals surface area contributed by atoms with Crippen LogP contribution in [-0.4, -0.2) is 38.3 Å². The molecule has 1 saturated heterocycles. The van der Waals surface area contributed by atoms with E-state index in [1.54, 1.807) is 7.11 Å². The minimum Gasteiger partial charge on any atom is -0.497 e.